The Bertz CT molecular complexity index is 185. The van der Waals surface area contributed by atoms with E-state index in [4.69, 9.17) is 14.7 Å². The number of nitrogens with zero attached hydrogens (tertiary/aromatic N) is 1. The van der Waals surface area contributed by atoms with Crippen molar-refractivity contribution in [2.24, 2.45) is 5.92 Å². The summed E-state index contributed by atoms with van der Waals surface area (Å²) in [6.07, 6.45) is 1.77. The molecule has 2 aliphatic rings. The highest BCUT2D eigenvalue weighted by atomic mass is 16.6. The fourth-order valence-electron chi connectivity index (χ4n) is 1.88. The summed E-state index contributed by atoms with van der Waals surface area (Å²) >= 11 is 0. The summed E-state index contributed by atoms with van der Waals surface area (Å²) in [7, 11) is 0. The molecule has 2 unspecified atom stereocenters. The molecule has 11 heavy (non-hydrogen) atoms. The first-order chi connectivity index (χ1) is 5.37. The molecule has 0 aliphatic carbocycles. The molecule has 0 amide bonds. The van der Waals surface area contributed by atoms with Gasteiger partial charge in [0, 0.05) is 19.6 Å². The Labute approximate surface area is 65.9 Å². The van der Waals surface area contributed by atoms with E-state index in [9.17, 15) is 0 Å². The van der Waals surface area contributed by atoms with E-state index in [2.05, 4.69) is 6.07 Å². The molecule has 2 rings (SSSR count). The van der Waals surface area contributed by atoms with Crippen molar-refractivity contribution in [2.45, 2.75) is 18.4 Å². The van der Waals surface area contributed by atoms with Crippen molar-refractivity contribution in [1.29, 1.82) is 5.26 Å². The SMILES string of the molecule is N#CC1CCOC12CCOC2. The summed E-state index contributed by atoms with van der Waals surface area (Å²) < 4.78 is 10.8. The lowest BCUT2D eigenvalue weighted by molar-refractivity contribution is -0.0166. The lowest BCUT2D eigenvalue weighted by Gasteiger charge is -2.22. The van der Waals surface area contributed by atoms with Crippen LogP contribution in [0.2, 0.25) is 0 Å². The molecule has 2 heterocycles. The van der Waals surface area contributed by atoms with E-state index in [1.54, 1.807) is 0 Å². The van der Waals surface area contributed by atoms with Crippen LogP contribution in [0, 0.1) is 17.2 Å². The topological polar surface area (TPSA) is 42.2 Å². The van der Waals surface area contributed by atoms with Gasteiger partial charge in [-0.05, 0) is 6.42 Å². The molecular weight excluding hydrogens is 142 g/mol. The summed E-state index contributed by atoms with van der Waals surface area (Å²) in [4.78, 5) is 0. The Kier molecular flexibility index (Phi) is 1.59. The highest BCUT2D eigenvalue weighted by Crippen LogP contribution is 2.38. The highest BCUT2D eigenvalue weighted by molar-refractivity contribution is 5.05. The molecule has 0 N–H and O–H groups in total. The number of rotatable bonds is 0. The zero-order valence-electron chi connectivity index (χ0n) is 6.38. The average Bonchev–Trinajstić information content (AvgIpc) is 2.62. The van der Waals surface area contributed by atoms with Crippen LogP contribution in [0.15, 0.2) is 0 Å². The van der Waals surface area contributed by atoms with Gasteiger partial charge in [-0.1, -0.05) is 0 Å². The maximum atomic E-state index is 8.81. The summed E-state index contributed by atoms with van der Waals surface area (Å²) in [6.45, 7) is 2.09. The zero-order valence-corrected chi connectivity index (χ0v) is 6.38. The Morgan fingerprint density at radius 2 is 2.36 bits per heavy atom. The fraction of sp³-hybridized carbons (Fsp3) is 0.875. The number of hydrogen-bond acceptors (Lipinski definition) is 3. The van der Waals surface area contributed by atoms with Crippen LogP contribution in [0.3, 0.4) is 0 Å². The van der Waals surface area contributed by atoms with Gasteiger partial charge in [0.25, 0.3) is 0 Å². The molecule has 2 atom stereocenters. The standard InChI is InChI=1S/C8H11NO2/c9-5-7-1-3-11-8(7)2-4-10-6-8/h7H,1-4,6H2. The molecule has 0 saturated carbocycles. The molecule has 2 saturated heterocycles. The van der Waals surface area contributed by atoms with Crippen LogP contribution in [0.25, 0.3) is 0 Å². The normalized spacial score (nSPS) is 43.0. The summed E-state index contributed by atoms with van der Waals surface area (Å²) in [5.41, 5.74) is -0.227. The van der Waals surface area contributed by atoms with E-state index in [1.807, 2.05) is 0 Å². The molecule has 2 aliphatic heterocycles. The average molecular weight is 153 g/mol. The molecule has 0 aromatic heterocycles. The van der Waals surface area contributed by atoms with Crippen LogP contribution in [0.5, 0.6) is 0 Å². The van der Waals surface area contributed by atoms with Crippen LogP contribution in [-0.4, -0.2) is 25.4 Å². The number of hydrogen-bond donors (Lipinski definition) is 0. The van der Waals surface area contributed by atoms with Crippen molar-refractivity contribution in [2.75, 3.05) is 19.8 Å². The largest absolute Gasteiger partial charge is 0.378 e. The second-order valence-corrected chi connectivity index (χ2v) is 3.19. The number of nitriles is 1. The van der Waals surface area contributed by atoms with E-state index in [0.717, 1.165) is 26.1 Å². The predicted octanol–water partition coefficient (Wildman–Crippen LogP) is 0.706. The molecule has 0 bridgehead atoms. The molecule has 0 aromatic rings. The van der Waals surface area contributed by atoms with E-state index >= 15 is 0 Å². The quantitative estimate of drug-likeness (QED) is 0.514. The third-order valence-corrected chi connectivity index (χ3v) is 2.60. The first-order valence-corrected chi connectivity index (χ1v) is 3.99. The first-order valence-electron chi connectivity index (χ1n) is 3.99. The Balaban J connectivity index is 2.17. The monoisotopic (exact) mass is 153 g/mol. The van der Waals surface area contributed by atoms with Crippen molar-refractivity contribution in [3.05, 3.63) is 0 Å². The number of ether oxygens (including phenoxy) is 2. The summed E-state index contributed by atoms with van der Waals surface area (Å²) in [6, 6.07) is 2.29. The maximum absolute atomic E-state index is 8.81. The first kappa shape index (κ1) is 7.08. The van der Waals surface area contributed by atoms with Gasteiger partial charge in [-0.2, -0.15) is 5.26 Å². The minimum absolute atomic E-state index is 0.0602. The molecule has 3 heteroatoms. The van der Waals surface area contributed by atoms with Gasteiger partial charge in [-0.3, -0.25) is 0 Å². The van der Waals surface area contributed by atoms with Gasteiger partial charge >= 0.3 is 0 Å². The molecule has 0 aromatic carbocycles. The maximum Gasteiger partial charge on any atom is 0.109 e. The molecule has 2 fully saturated rings. The van der Waals surface area contributed by atoms with Gasteiger partial charge in [0.05, 0.1) is 18.6 Å². The second kappa shape index (κ2) is 2.47. The van der Waals surface area contributed by atoms with E-state index in [1.165, 1.54) is 0 Å². The minimum Gasteiger partial charge on any atom is -0.378 e. The van der Waals surface area contributed by atoms with Crippen molar-refractivity contribution in [3.8, 4) is 6.07 Å². The summed E-state index contributed by atoms with van der Waals surface area (Å²) in [5, 5.41) is 8.81. The van der Waals surface area contributed by atoms with Crippen molar-refractivity contribution >= 4 is 0 Å². The Morgan fingerprint density at radius 3 is 3.00 bits per heavy atom. The van der Waals surface area contributed by atoms with Gasteiger partial charge in [-0.25, -0.2) is 0 Å². The van der Waals surface area contributed by atoms with Gasteiger partial charge in [0.15, 0.2) is 0 Å². The lowest BCUT2D eigenvalue weighted by atomic mass is 9.88. The van der Waals surface area contributed by atoms with Gasteiger partial charge < -0.3 is 9.47 Å². The van der Waals surface area contributed by atoms with Crippen molar-refractivity contribution in [1.82, 2.24) is 0 Å². The zero-order chi connectivity index (χ0) is 7.73. The molecular formula is C8H11NO2. The second-order valence-electron chi connectivity index (χ2n) is 3.19. The molecule has 1 spiro atoms. The molecule has 60 valence electrons. The third kappa shape index (κ3) is 0.943. The fourth-order valence-corrected chi connectivity index (χ4v) is 1.88. The third-order valence-electron chi connectivity index (χ3n) is 2.60. The van der Waals surface area contributed by atoms with Crippen LogP contribution < -0.4 is 0 Å². The van der Waals surface area contributed by atoms with Gasteiger partial charge in [0.1, 0.15) is 5.60 Å². The smallest absolute Gasteiger partial charge is 0.109 e. The van der Waals surface area contributed by atoms with Gasteiger partial charge in [-0.15, -0.1) is 0 Å². The molecule has 0 radical (unpaired) electrons. The predicted molar refractivity (Wildman–Crippen MR) is 37.8 cm³/mol. The van der Waals surface area contributed by atoms with E-state index in [-0.39, 0.29) is 11.5 Å². The van der Waals surface area contributed by atoms with Gasteiger partial charge in [0.2, 0.25) is 0 Å². The Morgan fingerprint density at radius 1 is 1.45 bits per heavy atom. The van der Waals surface area contributed by atoms with Crippen molar-refractivity contribution < 1.29 is 9.47 Å². The molecule has 3 nitrogen and oxygen atoms in total. The van der Waals surface area contributed by atoms with E-state index in [0.29, 0.717) is 6.61 Å². The van der Waals surface area contributed by atoms with Crippen LogP contribution in [0.4, 0.5) is 0 Å². The van der Waals surface area contributed by atoms with Crippen molar-refractivity contribution in [3.63, 3.8) is 0 Å². The van der Waals surface area contributed by atoms with E-state index < -0.39 is 0 Å². The van der Waals surface area contributed by atoms with Crippen LogP contribution in [0.1, 0.15) is 12.8 Å². The minimum atomic E-state index is -0.227. The lowest BCUT2D eigenvalue weighted by Crippen LogP contribution is -2.34. The van der Waals surface area contributed by atoms with Crippen LogP contribution in [-0.2, 0) is 9.47 Å². The highest BCUT2D eigenvalue weighted by Gasteiger charge is 2.47. The van der Waals surface area contributed by atoms with Crippen LogP contribution >= 0.6 is 0 Å². The Hall–Kier alpha value is -0.590. The summed E-state index contributed by atoms with van der Waals surface area (Å²) in [5.74, 6) is 0.0602.